The normalized spacial score (nSPS) is 18.2. The fraction of sp³-hybridized carbons (Fsp3) is 0.269. The van der Waals surface area contributed by atoms with Gasteiger partial charge in [0.1, 0.15) is 5.82 Å². The summed E-state index contributed by atoms with van der Waals surface area (Å²) in [4.78, 5) is 32.4. The van der Waals surface area contributed by atoms with Crippen molar-refractivity contribution in [2.75, 3.05) is 6.26 Å². The lowest BCUT2D eigenvalue weighted by molar-refractivity contribution is 0.298. The minimum absolute atomic E-state index is 0.0149. The molecule has 5 rings (SSSR count). The Kier molecular flexibility index (Phi) is 7.02. The van der Waals surface area contributed by atoms with Crippen LogP contribution in [-0.4, -0.2) is 34.8 Å². The smallest absolute Gasteiger partial charge is 0.268 e. The van der Waals surface area contributed by atoms with Gasteiger partial charge >= 0.3 is 5.69 Å². The molecule has 8 nitrogen and oxygen atoms in total. The minimum Gasteiger partial charge on any atom is -0.268 e. The van der Waals surface area contributed by atoms with E-state index < -0.39 is 33.1 Å². The largest absolute Gasteiger partial charge is 0.337 e. The Hall–Kier alpha value is -3.28. The Morgan fingerprint density at radius 3 is 2.43 bits per heavy atom. The predicted octanol–water partition coefficient (Wildman–Crippen LogP) is 3.87. The molecule has 0 spiro atoms. The molecule has 37 heavy (non-hydrogen) atoms. The highest BCUT2D eigenvalue weighted by atomic mass is 32.2. The highest BCUT2D eigenvalue weighted by Crippen LogP contribution is 2.28. The van der Waals surface area contributed by atoms with Crippen LogP contribution >= 0.6 is 11.8 Å². The zero-order valence-electron chi connectivity index (χ0n) is 20.0. The monoisotopic (exact) mass is 540 g/mol. The van der Waals surface area contributed by atoms with Crippen molar-refractivity contribution in [3.05, 3.63) is 93.5 Å². The molecule has 2 aromatic carbocycles. The SMILES string of the molecule is CSc1cccc(-n2c(=O)n([C@H]3CC[C@@H](NS(=O)(=O)c4ccccc4)CC3)c(=O)c3cc(F)cnc32)c1. The second kappa shape index (κ2) is 10.2. The molecule has 0 saturated heterocycles. The first-order valence-electron chi connectivity index (χ1n) is 11.8. The Morgan fingerprint density at radius 1 is 1.00 bits per heavy atom. The first-order chi connectivity index (χ1) is 17.8. The van der Waals surface area contributed by atoms with Crippen LogP contribution in [0.2, 0.25) is 0 Å². The molecule has 0 amide bonds. The van der Waals surface area contributed by atoms with E-state index in [0.29, 0.717) is 31.4 Å². The van der Waals surface area contributed by atoms with Crippen LogP contribution in [-0.2, 0) is 10.0 Å². The van der Waals surface area contributed by atoms with Crippen molar-refractivity contribution in [3.63, 3.8) is 0 Å². The molecule has 0 radical (unpaired) electrons. The highest BCUT2D eigenvalue weighted by Gasteiger charge is 2.29. The van der Waals surface area contributed by atoms with E-state index in [-0.39, 0.29) is 22.0 Å². The van der Waals surface area contributed by atoms with E-state index >= 15 is 0 Å². The molecule has 11 heteroatoms. The van der Waals surface area contributed by atoms with Gasteiger partial charge in [0.05, 0.1) is 22.2 Å². The summed E-state index contributed by atoms with van der Waals surface area (Å²) in [6, 6.07) is 15.7. The molecule has 1 fully saturated rings. The van der Waals surface area contributed by atoms with E-state index in [2.05, 4.69) is 9.71 Å². The van der Waals surface area contributed by atoms with Gasteiger partial charge in [-0.1, -0.05) is 24.3 Å². The molecular weight excluding hydrogens is 515 g/mol. The number of nitrogens with zero attached hydrogens (tertiary/aromatic N) is 3. The van der Waals surface area contributed by atoms with Crippen LogP contribution < -0.4 is 16.0 Å². The molecular formula is C26H25FN4O4S2. The summed E-state index contributed by atoms with van der Waals surface area (Å²) in [5.74, 6) is -0.668. The van der Waals surface area contributed by atoms with E-state index in [0.717, 1.165) is 17.2 Å². The third-order valence-corrected chi connectivity index (χ3v) is 8.90. The average molecular weight is 541 g/mol. The topological polar surface area (TPSA) is 103 Å². The van der Waals surface area contributed by atoms with Crippen molar-refractivity contribution in [1.82, 2.24) is 18.8 Å². The predicted molar refractivity (Wildman–Crippen MR) is 141 cm³/mol. The maximum Gasteiger partial charge on any atom is 0.337 e. The fourth-order valence-corrected chi connectivity index (χ4v) is 6.61. The summed E-state index contributed by atoms with van der Waals surface area (Å²) in [6.45, 7) is 0. The average Bonchev–Trinajstić information content (AvgIpc) is 2.90. The zero-order valence-corrected chi connectivity index (χ0v) is 21.6. The maximum atomic E-state index is 14.1. The number of nitrogens with one attached hydrogen (secondary N) is 1. The van der Waals surface area contributed by atoms with Gasteiger partial charge in [-0.3, -0.25) is 9.36 Å². The van der Waals surface area contributed by atoms with Gasteiger partial charge in [-0.05, 0) is 68.3 Å². The quantitative estimate of drug-likeness (QED) is 0.373. The van der Waals surface area contributed by atoms with Crippen LogP contribution in [0.4, 0.5) is 4.39 Å². The Labute approximate surface area is 217 Å². The lowest BCUT2D eigenvalue weighted by Gasteiger charge is -2.30. The third kappa shape index (κ3) is 4.98. The molecule has 1 aliphatic carbocycles. The van der Waals surface area contributed by atoms with Crippen molar-refractivity contribution in [3.8, 4) is 5.69 Å². The molecule has 0 atom stereocenters. The van der Waals surface area contributed by atoms with Crippen LogP contribution in [0, 0.1) is 5.82 Å². The van der Waals surface area contributed by atoms with Crippen molar-refractivity contribution in [1.29, 1.82) is 0 Å². The molecule has 192 valence electrons. The fourth-order valence-electron chi connectivity index (χ4n) is 4.83. The second-order valence-electron chi connectivity index (χ2n) is 8.96. The van der Waals surface area contributed by atoms with Crippen LogP contribution in [0.5, 0.6) is 0 Å². The summed E-state index contributed by atoms with van der Waals surface area (Å²) >= 11 is 1.51. The number of fused-ring (bicyclic) bond motifs is 1. The van der Waals surface area contributed by atoms with Gasteiger partial charge in [0.25, 0.3) is 5.56 Å². The maximum absolute atomic E-state index is 14.1. The summed E-state index contributed by atoms with van der Waals surface area (Å²) in [7, 11) is -3.68. The van der Waals surface area contributed by atoms with E-state index in [4.69, 9.17) is 0 Å². The van der Waals surface area contributed by atoms with Gasteiger partial charge < -0.3 is 0 Å². The van der Waals surface area contributed by atoms with Crippen molar-refractivity contribution in [2.45, 2.75) is 47.6 Å². The van der Waals surface area contributed by atoms with Gasteiger partial charge in [-0.25, -0.2) is 31.9 Å². The number of benzene rings is 2. The number of hydrogen-bond donors (Lipinski definition) is 1. The lowest BCUT2D eigenvalue weighted by atomic mass is 9.91. The number of sulfonamides is 1. The Morgan fingerprint density at radius 2 is 1.73 bits per heavy atom. The molecule has 1 saturated carbocycles. The van der Waals surface area contributed by atoms with Crippen LogP contribution in [0.3, 0.4) is 0 Å². The molecule has 0 bridgehead atoms. The van der Waals surface area contributed by atoms with Crippen molar-refractivity contribution in [2.24, 2.45) is 0 Å². The zero-order chi connectivity index (χ0) is 26.2. The summed E-state index contributed by atoms with van der Waals surface area (Å²) in [5.41, 5.74) is -0.532. The Bertz CT molecular complexity index is 1680. The summed E-state index contributed by atoms with van der Waals surface area (Å²) in [6.07, 6.45) is 4.63. The van der Waals surface area contributed by atoms with Gasteiger partial charge in [-0.2, -0.15) is 0 Å². The van der Waals surface area contributed by atoms with Crippen LogP contribution in [0.25, 0.3) is 16.7 Å². The van der Waals surface area contributed by atoms with E-state index in [1.165, 1.54) is 33.0 Å². The Balaban J connectivity index is 1.50. The van der Waals surface area contributed by atoms with E-state index in [1.54, 1.807) is 24.3 Å². The van der Waals surface area contributed by atoms with E-state index in [1.807, 2.05) is 24.5 Å². The molecule has 2 heterocycles. The number of pyridine rings is 1. The van der Waals surface area contributed by atoms with Gasteiger partial charge in [0.15, 0.2) is 5.65 Å². The first kappa shape index (κ1) is 25.4. The number of thioether (sulfide) groups is 1. The van der Waals surface area contributed by atoms with Crippen LogP contribution in [0.1, 0.15) is 31.7 Å². The standard InChI is InChI=1S/C26H25FN4O4S2/c1-36-21-7-5-6-20(15-21)30-24-23(14-17(27)16-28-24)25(32)31(26(30)33)19-12-10-18(11-13-19)29-37(34,35)22-8-3-2-4-9-22/h2-9,14-16,18-19,29H,10-13H2,1H3/t18-,19+. The summed E-state index contributed by atoms with van der Waals surface area (Å²) < 4.78 is 44.8. The first-order valence-corrected chi connectivity index (χ1v) is 14.5. The van der Waals surface area contributed by atoms with Crippen molar-refractivity contribution >= 4 is 32.8 Å². The number of hydrogen-bond acceptors (Lipinski definition) is 6. The van der Waals surface area contributed by atoms with Gasteiger partial charge in [0.2, 0.25) is 10.0 Å². The number of rotatable bonds is 6. The molecule has 1 aliphatic rings. The molecule has 0 unspecified atom stereocenters. The number of halogens is 1. The molecule has 2 aromatic heterocycles. The van der Waals surface area contributed by atoms with Crippen molar-refractivity contribution < 1.29 is 12.8 Å². The van der Waals surface area contributed by atoms with E-state index in [9.17, 15) is 22.4 Å². The second-order valence-corrected chi connectivity index (χ2v) is 11.6. The molecule has 0 aliphatic heterocycles. The van der Waals surface area contributed by atoms with Gasteiger partial charge in [0, 0.05) is 17.0 Å². The number of aromatic nitrogens is 3. The van der Waals surface area contributed by atoms with Gasteiger partial charge in [-0.15, -0.1) is 11.8 Å². The van der Waals surface area contributed by atoms with Crippen LogP contribution in [0.15, 0.2) is 86.2 Å². The third-order valence-electron chi connectivity index (χ3n) is 6.64. The summed E-state index contributed by atoms with van der Waals surface area (Å²) in [5, 5.41) is 0.0149. The molecule has 1 N–H and O–H groups in total. The highest BCUT2D eigenvalue weighted by molar-refractivity contribution is 7.98. The minimum atomic E-state index is -3.68. The molecule has 4 aromatic rings. The lowest BCUT2D eigenvalue weighted by Crippen LogP contribution is -2.45.